The van der Waals surface area contributed by atoms with Crippen LogP contribution in [0.2, 0.25) is 0 Å². The molecule has 1 unspecified atom stereocenters. The van der Waals surface area contributed by atoms with Crippen LogP contribution in [-0.2, 0) is 0 Å². The Kier molecular flexibility index (Phi) is 7.32. The Balaban J connectivity index is 0.000000671. The van der Waals surface area contributed by atoms with Gasteiger partial charge in [0.25, 0.3) is 0 Å². The maximum absolute atomic E-state index is 9.52. The van der Waals surface area contributed by atoms with E-state index in [4.69, 9.17) is 0 Å². The molecular formula is C12H20O. The van der Waals surface area contributed by atoms with Crippen molar-refractivity contribution in [1.82, 2.24) is 0 Å². The SMILES string of the molecule is CC.CCCC(O)c1ccccc1. The third-order valence-corrected chi connectivity index (χ3v) is 1.75. The first-order valence-electron chi connectivity index (χ1n) is 5.07. The Morgan fingerprint density at radius 1 is 1.15 bits per heavy atom. The fourth-order valence-electron chi connectivity index (χ4n) is 1.12. The smallest absolute Gasteiger partial charge is 0.0790 e. The van der Waals surface area contributed by atoms with Gasteiger partial charge in [0.15, 0.2) is 0 Å². The number of benzene rings is 1. The minimum atomic E-state index is -0.277. The van der Waals surface area contributed by atoms with Crippen molar-refractivity contribution in [3.63, 3.8) is 0 Å². The zero-order valence-corrected chi connectivity index (χ0v) is 8.83. The predicted octanol–water partition coefficient (Wildman–Crippen LogP) is 3.55. The highest BCUT2D eigenvalue weighted by atomic mass is 16.3. The Hall–Kier alpha value is -0.820. The molecule has 0 heterocycles. The van der Waals surface area contributed by atoms with Crippen LogP contribution in [0.1, 0.15) is 45.3 Å². The van der Waals surface area contributed by atoms with E-state index in [2.05, 4.69) is 6.92 Å². The molecule has 1 nitrogen and oxygen atoms in total. The summed E-state index contributed by atoms with van der Waals surface area (Å²) in [6.07, 6.45) is 1.60. The quantitative estimate of drug-likeness (QED) is 0.754. The lowest BCUT2D eigenvalue weighted by Crippen LogP contribution is -1.95. The topological polar surface area (TPSA) is 20.2 Å². The second-order valence-electron chi connectivity index (χ2n) is 2.72. The van der Waals surface area contributed by atoms with Crippen molar-refractivity contribution in [2.75, 3.05) is 0 Å². The minimum Gasteiger partial charge on any atom is -0.388 e. The first-order valence-corrected chi connectivity index (χ1v) is 5.07. The Morgan fingerprint density at radius 3 is 2.15 bits per heavy atom. The molecule has 0 bridgehead atoms. The van der Waals surface area contributed by atoms with Crippen LogP contribution in [0.4, 0.5) is 0 Å². The second-order valence-corrected chi connectivity index (χ2v) is 2.72. The first kappa shape index (κ1) is 12.2. The zero-order valence-electron chi connectivity index (χ0n) is 8.83. The number of aliphatic hydroxyl groups is 1. The van der Waals surface area contributed by atoms with Crippen molar-refractivity contribution in [3.05, 3.63) is 35.9 Å². The molecule has 0 saturated carbocycles. The highest BCUT2D eigenvalue weighted by molar-refractivity contribution is 5.16. The zero-order chi connectivity index (χ0) is 10.1. The van der Waals surface area contributed by atoms with E-state index in [1.807, 2.05) is 44.2 Å². The standard InChI is InChI=1S/C10H14O.C2H6/c1-2-6-10(11)9-7-4-3-5-8-9;1-2/h3-5,7-8,10-11H,2,6H2,1H3;1-2H3. The first-order chi connectivity index (χ1) is 6.34. The highest BCUT2D eigenvalue weighted by Crippen LogP contribution is 2.16. The number of rotatable bonds is 3. The third kappa shape index (κ3) is 4.69. The van der Waals surface area contributed by atoms with Gasteiger partial charge in [-0.3, -0.25) is 0 Å². The highest BCUT2D eigenvalue weighted by Gasteiger charge is 2.03. The van der Waals surface area contributed by atoms with E-state index in [-0.39, 0.29) is 6.10 Å². The number of aliphatic hydroxyl groups excluding tert-OH is 1. The van der Waals surface area contributed by atoms with E-state index in [0.29, 0.717) is 0 Å². The van der Waals surface area contributed by atoms with Crippen molar-refractivity contribution < 1.29 is 5.11 Å². The monoisotopic (exact) mass is 180 g/mol. The van der Waals surface area contributed by atoms with Gasteiger partial charge < -0.3 is 5.11 Å². The van der Waals surface area contributed by atoms with E-state index in [0.717, 1.165) is 18.4 Å². The molecule has 1 aromatic carbocycles. The summed E-state index contributed by atoms with van der Waals surface area (Å²) in [5.74, 6) is 0. The van der Waals surface area contributed by atoms with Gasteiger partial charge in [-0.05, 0) is 12.0 Å². The molecule has 74 valence electrons. The molecule has 0 aromatic heterocycles. The lowest BCUT2D eigenvalue weighted by atomic mass is 10.1. The summed E-state index contributed by atoms with van der Waals surface area (Å²) in [7, 11) is 0. The van der Waals surface area contributed by atoms with Crippen molar-refractivity contribution in [3.8, 4) is 0 Å². The summed E-state index contributed by atoms with van der Waals surface area (Å²) in [6, 6.07) is 9.78. The van der Waals surface area contributed by atoms with Gasteiger partial charge in [-0.2, -0.15) is 0 Å². The maximum Gasteiger partial charge on any atom is 0.0790 e. The molecule has 0 spiro atoms. The maximum atomic E-state index is 9.52. The molecule has 1 rings (SSSR count). The fraction of sp³-hybridized carbons (Fsp3) is 0.500. The van der Waals surface area contributed by atoms with Crippen molar-refractivity contribution in [1.29, 1.82) is 0 Å². The van der Waals surface area contributed by atoms with Gasteiger partial charge in [0.05, 0.1) is 6.10 Å². The summed E-state index contributed by atoms with van der Waals surface area (Å²) in [4.78, 5) is 0. The van der Waals surface area contributed by atoms with Crippen LogP contribution < -0.4 is 0 Å². The summed E-state index contributed by atoms with van der Waals surface area (Å²) >= 11 is 0. The Labute approximate surface area is 81.4 Å². The average Bonchev–Trinajstić information content (AvgIpc) is 2.23. The molecule has 0 saturated heterocycles. The van der Waals surface area contributed by atoms with Crippen LogP contribution in [0.3, 0.4) is 0 Å². The molecule has 13 heavy (non-hydrogen) atoms. The molecule has 0 aliphatic heterocycles. The van der Waals surface area contributed by atoms with E-state index in [1.165, 1.54) is 0 Å². The van der Waals surface area contributed by atoms with E-state index in [1.54, 1.807) is 0 Å². The molecule has 0 aliphatic rings. The molecule has 0 amide bonds. The van der Waals surface area contributed by atoms with E-state index in [9.17, 15) is 5.11 Å². The third-order valence-electron chi connectivity index (χ3n) is 1.75. The molecular weight excluding hydrogens is 160 g/mol. The molecule has 0 fully saturated rings. The Bertz CT molecular complexity index is 194. The van der Waals surface area contributed by atoms with Gasteiger partial charge in [-0.15, -0.1) is 0 Å². The van der Waals surface area contributed by atoms with Gasteiger partial charge in [-0.25, -0.2) is 0 Å². The normalized spacial score (nSPS) is 11.4. The molecule has 1 atom stereocenters. The van der Waals surface area contributed by atoms with Crippen molar-refractivity contribution in [2.24, 2.45) is 0 Å². The van der Waals surface area contributed by atoms with Crippen LogP contribution in [0.5, 0.6) is 0 Å². The predicted molar refractivity (Wildman–Crippen MR) is 57.7 cm³/mol. The summed E-state index contributed by atoms with van der Waals surface area (Å²) in [5, 5.41) is 9.52. The van der Waals surface area contributed by atoms with E-state index < -0.39 is 0 Å². The van der Waals surface area contributed by atoms with Crippen LogP contribution in [0, 0.1) is 0 Å². The van der Waals surface area contributed by atoms with E-state index >= 15 is 0 Å². The Morgan fingerprint density at radius 2 is 1.69 bits per heavy atom. The minimum absolute atomic E-state index is 0.277. The fourth-order valence-corrected chi connectivity index (χ4v) is 1.12. The van der Waals surface area contributed by atoms with Crippen LogP contribution in [0.25, 0.3) is 0 Å². The van der Waals surface area contributed by atoms with Gasteiger partial charge in [0, 0.05) is 0 Å². The van der Waals surface area contributed by atoms with Crippen molar-refractivity contribution in [2.45, 2.75) is 39.7 Å². The average molecular weight is 180 g/mol. The number of hydrogen-bond donors (Lipinski definition) is 1. The van der Waals surface area contributed by atoms with Gasteiger partial charge >= 0.3 is 0 Å². The lowest BCUT2D eigenvalue weighted by molar-refractivity contribution is 0.166. The molecule has 1 heteroatoms. The molecule has 0 aliphatic carbocycles. The van der Waals surface area contributed by atoms with Crippen LogP contribution in [-0.4, -0.2) is 5.11 Å². The van der Waals surface area contributed by atoms with Crippen LogP contribution in [0.15, 0.2) is 30.3 Å². The van der Waals surface area contributed by atoms with Gasteiger partial charge in [-0.1, -0.05) is 57.5 Å². The van der Waals surface area contributed by atoms with Gasteiger partial charge in [0.2, 0.25) is 0 Å². The van der Waals surface area contributed by atoms with Crippen molar-refractivity contribution >= 4 is 0 Å². The summed E-state index contributed by atoms with van der Waals surface area (Å²) in [5.41, 5.74) is 1.02. The lowest BCUT2D eigenvalue weighted by Gasteiger charge is -2.07. The molecule has 1 N–H and O–H groups in total. The second kappa shape index (κ2) is 7.81. The molecule has 0 radical (unpaired) electrons. The summed E-state index contributed by atoms with van der Waals surface area (Å²) in [6.45, 7) is 6.08. The van der Waals surface area contributed by atoms with Crippen LogP contribution >= 0.6 is 0 Å². The number of hydrogen-bond acceptors (Lipinski definition) is 1. The van der Waals surface area contributed by atoms with Gasteiger partial charge in [0.1, 0.15) is 0 Å². The molecule has 1 aromatic rings. The summed E-state index contributed by atoms with van der Waals surface area (Å²) < 4.78 is 0. The largest absolute Gasteiger partial charge is 0.388 e.